The molecule has 0 aliphatic heterocycles. The first kappa shape index (κ1) is 10.4. The zero-order valence-corrected chi connectivity index (χ0v) is 8.87. The fourth-order valence-corrected chi connectivity index (χ4v) is 1.73. The fourth-order valence-electron chi connectivity index (χ4n) is 1.73. The number of benzene rings is 1. The molecule has 0 amide bonds. The number of ether oxygens (including phenoxy) is 1. The lowest BCUT2D eigenvalue weighted by Gasteiger charge is -2.28. The summed E-state index contributed by atoms with van der Waals surface area (Å²) in [5.74, 6) is 0.330. The number of hydrogen-bond donors (Lipinski definition) is 1. The number of rotatable bonds is 3. The lowest BCUT2D eigenvalue weighted by molar-refractivity contribution is 0.118. The highest BCUT2D eigenvalue weighted by Crippen LogP contribution is 2.31. The van der Waals surface area contributed by atoms with Crippen molar-refractivity contribution < 1.29 is 9.13 Å². The van der Waals surface area contributed by atoms with Gasteiger partial charge in [0.15, 0.2) is 0 Å². The Bertz CT molecular complexity index is 347. The monoisotopic (exact) mass is 209 g/mol. The molecule has 1 fully saturated rings. The van der Waals surface area contributed by atoms with Gasteiger partial charge in [-0.05, 0) is 38.3 Å². The SMILES string of the molecule is C[C@@H](N)c1c(F)cccc1OC1CCC1. The summed E-state index contributed by atoms with van der Waals surface area (Å²) >= 11 is 0. The van der Waals surface area contributed by atoms with Crippen LogP contribution in [0.3, 0.4) is 0 Å². The molecule has 0 heterocycles. The quantitative estimate of drug-likeness (QED) is 0.830. The second-order valence-corrected chi connectivity index (χ2v) is 4.11. The highest BCUT2D eigenvalue weighted by molar-refractivity contribution is 5.37. The minimum atomic E-state index is -0.332. The molecule has 0 aromatic heterocycles. The van der Waals surface area contributed by atoms with Crippen molar-refractivity contribution in [3.8, 4) is 5.75 Å². The maximum atomic E-state index is 13.5. The Balaban J connectivity index is 2.23. The van der Waals surface area contributed by atoms with E-state index in [1.165, 1.54) is 12.5 Å². The van der Waals surface area contributed by atoms with Crippen LogP contribution in [0.1, 0.15) is 37.8 Å². The molecule has 2 N–H and O–H groups in total. The zero-order chi connectivity index (χ0) is 10.8. The van der Waals surface area contributed by atoms with Crippen molar-refractivity contribution in [1.29, 1.82) is 0 Å². The molecule has 1 aliphatic carbocycles. The Hall–Kier alpha value is -1.09. The first-order valence-electron chi connectivity index (χ1n) is 5.39. The fraction of sp³-hybridized carbons (Fsp3) is 0.500. The van der Waals surface area contributed by atoms with E-state index in [2.05, 4.69) is 0 Å². The van der Waals surface area contributed by atoms with Crippen molar-refractivity contribution in [3.63, 3.8) is 0 Å². The van der Waals surface area contributed by atoms with Crippen LogP contribution in [-0.2, 0) is 0 Å². The second kappa shape index (κ2) is 4.19. The average molecular weight is 209 g/mol. The molecule has 0 spiro atoms. The van der Waals surface area contributed by atoms with E-state index >= 15 is 0 Å². The molecule has 1 atom stereocenters. The van der Waals surface area contributed by atoms with Gasteiger partial charge in [-0.15, -0.1) is 0 Å². The van der Waals surface area contributed by atoms with Crippen LogP contribution < -0.4 is 10.5 Å². The van der Waals surface area contributed by atoms with Crippen LogP contribution in [-0.4, -0.2) is 6.10 Å². The van der Waals surface area contributed by atoms with E-state index in [0.29, 0.717) is 11.3 Å². The van der Waals surface area contributed by atoms with Gasteiger partial charge in [-0.1, -0.05) is 6.07 Å². The Morgan fingerprint density at radius 3 is 2.73 bits per heavy atom. The van der Waals surface area contributed by atoms with Crippen LogP contribution in [0, 0.1) is 5.82 Å². The first-order chi connectivity index (χ1) is 7.18. The lowest BCUT2D eigenvalue weighted by atomic mass is 9.96. The molecule has 2 rings (SSSR count). The van der Waals surface area contributed by atoms with Gasteiger partial charge in [-0.25, -0.2) is 4.39 Å². The molecular formula is C12H16FNO. The predicted octanol–water partition coefficient (Wildman–Crippen LogP) is 2.78. The molecule has 82 valence electrons. The molecule has 2 nitrogen and oxygen atoms in total. The predicted molar refractivity (Wildman–Crippen MR) is 57.3 cm³/mol. The number of nitrogens with two attached hydrogens (primary N) is 1. The van der Waals surface area contributed by atoms with Crippen LogP contribution >= 0.6 is 0 Å². The maximum absolute atomic E-state index is 13.5. The van der Waals surface area contributed by atoms with Gasteiger partial charge in [0.2, 0.25) is 0 Å². The Morgan fingerprint density at radius 1 is 1.47 bits per heavy atom. The van der Waals surface area contributed by atoms with Gasteiger partial charge in [0.1, 0.15) is 11.6 Å². The summed E-state index contributed by atoms with van der Waals surface area (Å²) in [6, 6.07) is 4.54. The summed E-state index contributed by atoms with van der Waals surface area (Å²) < 4.78 is 19.2. The zero-order valence-electron chi connectivity index (χ0n) is 8.87. The molecule has 0 bridgehead atoms. The van der Waals surface area contributed by atoms with Crippen LogP contribution in [0.2, 0.25) is 0 Å². The molecule has 0 unspecified atom stereocenters. The standard InChI is InChI=1S/C12H16FNO/c1-8(14)12-10(13)6-3-7-11(12)15-9-4-2-5-9/h3,6-9H,2,4-5,14H2,1H3/t8-/m1/s1. The molecule has 1 aromatic carbocycles. The molecule has 0 radical (unpaired) electrons. The van der Waals surface area contributed by atoms with Crippen LogP contribution in [0.15, 0.2) is 18.2 Å². The molecule has 1 aliphatic rings. The van der Waals surface area contributed by atoms with E-state index < -0.39 is 0 Å². The minimum Gasteiger partial charge on any atom is -0.490 e. The van der Waals surface area contributed by atoms with Gasteiger partial charge >= 0.3 is 0 Å². The highest BCUT2D eigenvalue weighted by Gasteiger charge is 2.22. The molecule has 0 saturated heterocycles. The van der Waals surface area contributed by atoms with E-state index in [9.17, 15) is 4.39 Å². The van der Waals surface area contributed by atoms with Gasteiger partial charge in [0.25, 0.3) is 0 Å². The summed E-state index contributed by atoms with van der Waals surface area (Å²) in [7, 11) is 0. The summed E-state index contributed by atoms with van der Waals surface area (Å²) in [4.78, 5) is 0. The Kier molecular flexibility index (Phi) is 2.91. The summed E-state index contributed by atoms with van der Waals surface area (Å²) in [6.45, 7) is 1.77. The molecule has 1 saturated carbocycles. The van der Waals surface area contributed by atoms with Crippen molar-refractivity contribution in [2.45, 2.75) is 38.3 Å². The third-order valence-corrected chi connectivity index (χ3v) is 2.81. The van der Waals surface area contributed by atoms with Crippen molar-refractivity contribution in [3.05, 3.63) is 29.6 Å². The highest BCUT2D eigenvalue weighted by atomic mass is 19.1. The van der Waals surface area contributed by atoms with E-state index in [-0.39, 0.29) is 18.0 Å². The van der Waals surface area contributed by atoms with Gasteiger partial charge in [-0.3, -0.25) is 0 Å². The number of halogens is 1. The normalized spacial score (nSPS) is 18.3. The molecule has 15 heavy (non-hydrogen) atoms. The third kappa shape index (κ3) is 2.12. The van der Waals surface area contributed by atoms with E-state index in [0.717, 1.165) is 12.8 Å². The lowest BCUT2D eigenvalue weighted by Crippen LogP contribution is -2.25. The third-order valence-electron chi connectivity index (χ3n) is 2.81. The minimum absolute atomic E-state index is 0.254. The smallest absolute Gasteiger partial charge is 0.131 e. The van der Waals surface area contributed by atoms with Gasteiger partial charge < -0.3 is 10.5 Å². The Labute approximate surface area is 89.2 Å². The molecule has 1 aromatic rings. The van der Waals surface area contributed by atoms with Crippen molar-refractivity contribution in [2.75, 3.05) is 0 Å². The van der Waals surface area contributed by atoms with Gasteiger partial charge in [-0.2, -0.15) is 0 Å². The molecular weight excluding hydrogens is 193 g/mol. The van der Waals surface area contributed by atoms with Crippen LogP contribution in [0.4, 0.5) is 4.39 Å². The summed E-state index contributed by atoms with van der Waals surface area (Å²) in [6.07, 6.45) is 3.58. The largest absolute Gasteiger partial charge is 0.490 e. The van der Waals surface area contributed by atoms with Crippen LogP contribution in [0.5, 0.6) is 5.75 Å². The molecule has 3 heteroatoms. The summed E-state index contributed by atoms with van der Waals surface area (Å²) in [5.41, 5.74) is 6.22. The van der Waals surface area contributed by atoms with Gasteiger partial charge in [0, 0.05) is 11.6 Å². The first-order valence-corrected chi connectivity index (χ1v) is 5.39. The maximum Gasteiger partial charge on any atom is 0.131 e. The van der Waals surface area contributed by atoms with E-state index in [4.69, 9.17) is 10.5 Å². The van der Waals surface area contributed by atoms with Crippen LogP contribution in [0.25, 0.3) is 0 Å². The van der Waals surface area contributed by atoms with E-state index in [1.54, 1.807) is 19.1 Å². The average Bonchev–Trinajstić information content (AvgIpc) is 2.10. The van der Waals surface area contributed by atoms with Gasteiger partial charge in [0.05, 0.1) is 6.10 Å². The number of hydrogen-bond acceptors (Lipinski definition) is 2. The van der Waals surface area contributed by atoms with E-state index in [1.807, 2.05) is 0 Å². The van der Waals surface area contributed by atoms with Crippen molar-refractivity contribution in [2.24, 2.45) is 5.73 Å². The Morgan fingerprint density at radius 2 is 2.20 bits per heavy atom. The summed E-state index contributed by atoms with van der Waals surface area (Å²) in [5, 5.41) is 0. The van der Waals surface area contributed by atoms with Crippen molar-refractivity contribution in [1.82, 2.24) is 0 Å². The topological polar surface area (TPSA) is 35.2 Å². The second-order valence-electron chi connectivity index (χ2n) is 4.11. The van der Waals surface area contributed by atoms with Crippen molar-refractivity contribution >= 4 is 0 Å².